The van der Waals surface area contributed by atoms with Crippen molar-refractivity contribution in [2.45, 2.75) is 44.8 Å². The Hall–Kier alpha value is -4.18. The van der Waals surface area contributed by atoms with Crippen molar-refractivity contribution >= 4 is 23.7 Å². The highest BCUT2D eigenvalue weighted by Crippen LogP contribution is 2.28. The number of nitrogens with zero attached hydrogens (tertiary/aromatic N) is 4. The zero-order valence-electron chi connectivity index (χ0n) is 22.1. The van der Waals surface area contributed by atoms with Crippen LogP contribution in [0.1, 0.15) is 47.2 Å². The molecule has 6 rings (SSSR count). The maximum absolute atomic E-state index is 13.5. The molecule has 0 spiro atoms. The van der Waals surface area contributed by atoms with Gasteiger partial charge in [-0.25, -0.2) is 14.4 Å². The number of hydrogen-bond donors (Lipinski definition) is 2. The van der Waals surface area contributed by atoms with Crippen molar-refractivity contribution in [3.63, 3.8) is 0 Å². The molecule has 3 amide bonds. The van der Waals surface area contributed by atoms with E-state index in [4.69, 9.17) is 0 Å². The summed E-state index contributed by atoms with van der Waals surface area (Å²) in [6, 6.07) is 11.7. The summed E-state index contributed by atoms with van der Waals surface area (Å²) in [7, 11) is 0. The van der Waals surface area contributed by atoms with Gasteiger partial charge in [0.05, 0.1) is 0 Å². The Balaban J connectivity index is 0.973. The van der Waals surface area contributed by atoms with Gasteiger partial charge in [-0.15, -0.1) is 0 Å². The molecule has 10 heteroatoms. The van der Waals surface area contributed by atoms with E-state index in [9.17, 15) is 18.8 Å². The Kier molecular flexibility index (Phi) is 7.25. The van der Waals surface area contributed by atoms with Crippen molar-refractivity contribution < 1.29 is 18.8 Å². The maximum Gasteiger partial charge on any atom is 0.255 e. The first-order valence-electron chi connectivity index (χ1n) is 13.7. The van der Waals surface area contributed by atoms with E-state index in [0.717, 1.165) is 54.7 Å². The molecule has 1 atom stereocenters. The highest BCUT2D eigenvalue weighted by Gasteiger charge is 2.39. The first-order chi connectivity index (χ1) is 19.4. The fourth-order valence-corrected chi connectivity index (χ4v) is 5.80. The maximum atomic E-state index is 13.5. The van der Waals surface area contributed by atoms with Crippen LogP contribution in [0.5, 0.6) is 0 Å². The van der Waals surface area contributed by atoms with Gasteiger partial charge in [-0.3, -0.25) is 19.7 Å². The van der Waals surface area contributed by atoms with Crippen LogP contribution in [0.15, 0.2) is 54.9 Å². The number of anilines is 1. The van der Waals surface area contributed by atoms with Crippen molar-refractivity contribution in [1.82, 2.24) is 25.5 Å². The van der Waals surface area contributed by atoms with Gasteiger partial charge in [0, 0.05) is 56.1 Å². The highest BCUT2D eigenvalue weighted by atomic mass is 19.1. The van der Waals surface area contributed by atoms with Crippen molar-refractivity contribution in [2.75, 3.05) is 24.5 Å². The number of benzene rings is 2. The number of carbonyl (C=O) groups excluding carboxylic acids is 3. The lowest BCUT2D eigenvalue weighted by molar-refractivity contribution is -0.136. The fraction of sp³-hybridized carbons (Fsp3) is 0.367. The van der Waals surface area contributed by atoms with E-state index >= 15 is 0 Å². The lowest BCUT2D eigenvalue weighted by atomic mass is 9.97. The molecule has 2 N–H and O–H groups in total. The van der Waals surface area contributed by atoms with Crippen LogP contribution in [0.2, 0.25) is 0 Å². The normalized spacial score (nSPS) is 19.6. The predicted molar refractivity (Wildman–Crippen MR) is 147 cm³/mol. The number of amides is 3. The lowest BCUT2D eigenvalue weighted by Crippen LogP contribution is -2.52. The minimum Gasteiger partial charge on any atom is -0.341 e. The minimum atomic E-state index is -0.596. The molecule has 3 aliphatic rings. The third-order valence-electron chi connectivity index (χ3n) is 8.04. The molecule has 40 heavy (non-hydrogen) atoms. The SMILES string of the molecule is O=C1CCC(N2Cc3cc(CNCC4CCN(c5ncc(-c6cccc(F)c6)cn5)CC4)ccc3C2=O)C(=O)N1. The number of fused-ring (bicyclic) bond motifs is 1. The molecule has 2 saturated heterocycles. The fourth-order valence-electron chi connectivity index (χ4n) is 5.80. The first-order valence-corrected chi connectivity index (χ1v) is 13.7. The number of carbonyl (C=O) groups is 3. The number of imide groups is 1. The summed E-state index contributed by atoms with van der Waals surface area (Å²) in [5.41, 5.74) is 4.21. The molecular formula is C30H31FN6O3. The molecule has 1 unspecified atom stereocenters. The van der Waals surface area contributed by atoms with Crippen LogP contribution in [0.25, 0.3) is 11.1 Å². The van der Waals surface area contributed by atoms with E-state index < -0.39 is 11.9 Å². The Morgan fingerprint density at radius 2 is 1.77 bits per heavy atom. The van der Waals surface area contributed by atoms with Crippen LogP contribution in [0, 0.1) is 11.7 Å². The third-order valence-corrected chi connectivity index (χ3v) is 8.04. The van der Waals surface area contributed by atoms with E-state index in [1.807, 2.05) is 24.3 Å². The molecular weight excluding hydrogens is 511 g/mol. The number of hydrogen-bond acceptors (Lipinski definition) is 7. The Morgan fingerprint density at radius 1 is 0.975 bits per heavy atom. The van der Waals surface area contributed by atoms with Crippen LogP contribution in [0.3, 0.4) is 0 Å². The van der Waals surface area contributed by atoms with Gasteiger partial charge in [-0.05, 0) is 66.6 Å². The average Bonchev–Trinajstić information content (AvgIpc) is 3.29. The molecule has 0 aliphatic carbocycles. The Bertz CT molecular complexity index is 1440. The van der Waals surface area contributed by atoms with Gasteiger partial charge < -0.3 is 15.1 Å². The van der Waals surface area contributed by atoms with Crippen molar-refractivity contribution in [2.24, 2.45) is 5.92 Å². The zero-order valence-corrected chi connectivity index (χ0v) is 22.1. The second-order valence-corrected chi connectivity index (χ2v) is 10.7. The predicted octanol–water partition coefficient (Wildman–Crippen LogP) is 3.05. The highest BCUT2D eigenvalue weighted by molar-refractivity contribution is 6.05. The van der Waals surface area contributed by atoms with Crippen LogP contribution < -0.4 is 15.5 Å². The van der Waals surface area contributed by atoms with Gasteiger partial charge in [0.15, 0.2) is 0 Å². The summed E-state index contributed by atoms with van der Waals surface area (Å²) < 4.78 is 13.5. The molecule has 3 aromatic rings. The Morgan fingerprint density at radius 3 is 2.52 bits per heavy atom. The number of piperidine rings is 2. The number of rotatable bonds is 7. The summed E-state index contributed by atoms with van der Waals surface area (Å²) in [6.07, 6.45) is 6.17. The largest absolute Gasteiger partial charge is 0.341 e. The minimum absolute atomic E-state index is 0.150. The quantitative estimate of drug-likeness (QED) is 0.442. The van der Waals surface area contributed by atoms with E-state index in [-0.39, 0.29) is 24.1 Å². The number of nitrogens with one attached hydrogen (secondary N) is 2. The molecule has 9 nitrogen and oxygen atoms in total. The van der Waals surface area contributed by atoms with Gasteiger partial charge in [0.2, 0.25) is 17.8 Å². The number of halogens is 1. The van der Waals surface area contributed by atoms with E-state index in [1.165, 1.54) is 12.1 Å². The molecule has 0 bridgehead atoms. The van der Waals surface area contributed by atoms with Gasteiger partial charge >= 0.3 is 0 Å². The monoisotopic (exact) mass is 542 g/mol. The van der Waals surface area contributed by atoms with Gasteiger partial charge in [-0.2, -0.15) is 0 Å². The zero-order chi connectivity index (χ0) is 27.6. The van der Waals surface area contributed by atoms with Crippen molar-refractivity contribution in [1.29, 1.82) is 0 Å². The van der Waals surface area contributed by atoms with Gasteiger partial charge in [-0.1, -0.05) is 24.3 Å². The summed E-state index contributed by atoms with van der Waals surface area (Å²) in [4.78, 5) is 49.5. The standard InChI is InChI=1S/C30H31FN6O3/c31-24-3-1-2-21(13-24)23-16-33-30(34-17-23)36-10-8-19(9-11-36)14-32-15-20-4-5-25-22(12-20)18-37(29(25)40)26-6-7-27(38)35-28(26)39/h1-5,12-13,16-17,19,26,32H,6-11,14-15,18H2,(H,35,38,39). The van der Waals surface area contributed by atoms with Crippen LogP contribution in [0.4, 0.5) is 10.3 Å². The van der Waals surface area contributed by atoms with Gasteiger partial charge in [0.25, 0.3) is 5.91 Å². The third kappa shape index (κ3) is 5.44. The Labute approximate surface area is 231 Å². The molecule has 206 valence electrons. The van der Waals surface area contributed by atoms with Crippen molar-refractivity contribution in [3.8, 4) is 11.1 Å². The second kappa shape index (κ2) is 11.1. The smallest absolute Gasteiger partial charge is 0.255 e. The molecule has 3 aliphatic heterocycles. The topological polar surface area (TPSA) is 108 Å². The molecule has 2 fully saturated rings. The first kappa shape index (κ1) is 26.1. The molecule has 1 aromatic heterocycles. The second-order valence-electron chi connectivity index (χ2n) is 10.7. The summed E-state index contributed by atoms with van der Waals surface area (Å²) >= 11 is 0. The van der Waals surface area contributed by atoms with E-state index in [0.29, 0.717) is 36.9 Å². The molecule has 0 radical (unpaired) electrons. The summed E-state index contributed by atoms with van der Waals surface area (Å²) in [5.74, 6) is 0.141. The molecule has 2 aromatic carbocycles. The van der Waals surface area contributed by atoms with E-state index in [2.05, 4.69) is 25.5 Å². The van der Waals surface area contributed by atoms with Gasteiger partial charge in [0.1, 0.15) is 11.9 Å². The van der Waals surface area contributed by atoms with Crippen LogP contribution in [-0.2, 0) is 22.7 Å². The van der Waals surface area contributed by atoms with Crippen LogP contribution in [-0.4, -0.2) is 58.3 Å². The molecule has 0 saturated carbocycles. The lowest BCUT2D eigenvalue weighted by Gasteiger charge is -2.32. The van der Waals surface area contributed by atoms with E-state index in [1.54, 1.807) is 23.4 Å². The molecule has 4 heterocycles. The number of aromatic nitrogens is 2. The van der Waals surface area contributed by atoms with Crippen molar-refractivity contribution in [3.05, 3.63) is 77.4 Å². The average molecular weight is 543 g/mol. The summed E-state index contributed by atoms with van der Waals surface area (Å²) in [6.45, 7) is 3.74. The summed E-state index contributed by atoms with van der Waals surface area (Å²) in [5, 5.41) is 5.91. The van der Waals surface area contributed by atoms with Crippen LogP contribution >= 0.6 is 0 Å².